The number of aryl methyl sites for hydroxylation is 1. The second-order valence-electron chi connectivity index (χ2n) is 3.08. The number of nitrogens with two attached hydrogens (primary N) is 1. The molecule has 4 heteroatoms. The van der Waals surface area contributed by atoms with Gasteiger partial charge in [-0.25, -0.2) is 4.98 Å². The zero-order valence-corrected chi connectivity index (χ0v) is 7.86. The summed E-state index contributed by atoms with van der Waals surface area (Å²) in [6.07, 6.45) is 0. The Balaban J connectivity index is 2.91. The summed E-state index contributed by atoms with van der Waals surface area (Å²) < 4.78 is 1.92. The van der Waals surface area contributed by atoms with E-state index in [0.29, 0.717) is 12.2 Å². The van der Waals surface area contributed by atoms with E-state index in [9.17, 15) is 0 Å². The van der Waals surface area contributed by atoms with E-state index >= 15 is 0 Å². The van der Waals surface area contributed by atoms with Crippen molar-refractivity contribution in [1.29, 1.82) is 5.26 Å². The third kappa shape index (κ3) is 1.07. The first kappa shape index (κ1) is 8.73. The highest BCUT2D eigenvalue weighted by molar-refractivity contribution is 5.59. The highest BCUT2D eigenvalue weighted by Crippen LogP contribution is 2.14. The smallest absolute Gasteiger partial charge is 0.166 e. The summed E-state index contributed by atoms with van der Waals surface area (Å²) in [6, 6.07) is 7.81. The number of hydrogen-bond acceptors (Lipinski definition) is 3. The van der Waals surface area contributed by atoms with Gasteiger partial charge in [-0.15, -0.1) is 0 Å². The van der Waals surface area contributed by atoms with Gasteiger partial charge in [0.1, 0.15) is 11.9 Å². The minimum atomic E-state index is 0.341. The molecular formula is C10H10N4. The fraction of sp³-hybridized carbons (Fsp3) is 0.200. The van der Waals surface area contributed by atoms with E-state index in [1.807, 2.05) is 29.5 Å². The molecule has 4 nitrogen and oxygen atoms in total. The van der Waals surface area contributed by atoms with E-state index in [1.54, 1.807) is 0 Å². The zero-order chi connectivity index (χ0) is 10.1. The highest BCUT2D eigenvalue weighted by atomic mass is 15.0. The van der Waals surface area contributed by atoms with Crippen LogP contribution in [0.5, 0.6) is 0 Å². The van der Waals surface area contributed by atoms with Crippen molar-refractivity contribution in [3.8, 4) is 6.07 Å². The lowest BCUT2D eigenvalue weighted by atomic mass is 10.3. The molecule has 70 valence electrons. The second kappa shape index (κ2) is 3.13. The van der Waals surface area contributed by atoms with Crippen molar-refractivity contribution < 1.29 is 0 Å². The lowest BCUT2D eigenvalue weighted by Gasteiger charge is -2.01. The fourth-order valence-electron chi connectivity index (χ4n) is 1.60. The van der Waals surface area contributed by atoms with Crippen LogP contribution in [0.2, 0.25) is 0 Å². The minimum Gasteiger partial charge on any atom is -0.324 e. The molecule has 2 N–H and O–H groups in total. The first-order valence-electron chi connectivity index (χ1n) is 4.35. The van der Waals surface area contributed by atoms with Gasteiger partial charge in [0.2, 0.25) is 0 Å². The highest BCUT2D eigenvalue weighted by Gasteiger charge is 2.09. The van der Waals surface area contributed by atoms with E-state index in [-0.39, 0.29) is 0 Å². The lowest BCUT2D eigenvalue weighted by molar-refractivity contribution is 0.882. The van der Waals surface area contributed by atoms with Gasteiger partial charge >= 0.3 is 0 Å². The van der Waals surface area contributed by atoms with Crippen LogP contribution in [0.1, 0.15) is 17.2 Å². The standard InChI is InChI=1S/C10H10N4/c1-7-3-2-4-9-8(5-11)13-10(6-12)14(7)9/h2-4H,6,12H2,1H3. The van der Waals surface area contributed by atoms with Gasteiger partial charge < -0.3 is 5.73 Å². The Morgan fingerprint density at radius 2 is 2.36 bits per heavy atom. The molecule has 0 fully saturated rings. The van der Waals surface area contributed by atoms with Crippen LogP contribution in [-0.4, -0.2) is 9.38 Å². The van der Waals surface area contributed by atoms with Gasteiger partial charge in [-0.1, -0.05) is 6.07 Å². The Hall–Kier alpha value is -1.86. The van der Waals surface area contributed by atoms with Gasteiger partial charge in [-0.2, -0.15) is 5.26 Å². The van der Waals surface area contributed by atoms with Crippen molar-refractivity contribution in [2.24, 2.45) is 5.73 Å². The van der Waals surface area contributed by atoms with Crippen molar-refractivity contribution in [1.82, 2.24) is 9.38 Å². The molecule has 0 unspecified atom stereocenters. The molecule has 0 spiro atoms. The average molecular weight is 186 g/mol. The minimum absolute atomic E-state index is 0.341. The molecule has 0 aliphatic rings. The summed E-state index contributed by atoms with van der Waals surface area (Å²) >= 11 is 0. The fourth-order valence-corrected chi connectivity index (χ4v) is 1.60. The molecule has 14 heavy (non-hydrogen) atoms. The molecule has 2 aromatic rings. The van der Waals surface area contributed by atoms with Crippen molar-refractivity contribution >= 4 is 5.52 Å². The van der Waals surface area contributed by atoms with Crippen LogP contribution in [0.25, 0.3) is 5.52 Å². The quantitative estimate of drug-likeness (QED) is 0.721. The molecule has 0 bridgehead atoms. The summed E-state index contributed by atoms with van der Waals surface area (Å²) in [4.78, 5) is 4.16. The molecule has 2 heterocycles. The maximum Gasteiger partial charge on any atom is 0.166 e. The average Bonchev–Trinajstić information content (AvgIpc) is 2.57. The SMILES string of the molecule is Cc1cccc2c(C#N)nc(CN)n12. The van der Waals surface area contributed by atoms with E-state index in [4.69, 9.17) is 11.0 Å². The Kier molecular flexibility index (Phi) is 1.95. The Labute approximate surface area is 81.6 Å². The summed E-state index contributed by atoms with van der Waals surface area (Å²) in [7, 11) is 0. The molecule has 2 rings (SSSR count). The van der Waals surface area contributed by atoms with Gasteiger partial charge in [0.15, 0.2) is 5.69 Å². The number of pyridine rings is 1. The van der Waals surface area contributed by atoms with Crippen molar-refractivity contribution in [2.75, 3.05) is 0 Å². The van der Waals surface area contributed by atoms with E-state index in [2.05, 4.69) is 11.1 Å². The molecule has 2 aromatic heterocycles. The van der Waals surface area contributed by atoms with Gasteiger partial charge in [-0.05, 0) is 19.1 Å². The van der Waals surface area contributed by atoms with E-state index in [1.165, 1.54) is 0 Å². The number of imidazole rings is 1. The molecular weight excluding hydrogens is 176 g/mol. The molecule has 0 radical (unpaired) electrons. The number of rotatable bonds is 1. The Morgan fingerprint density at radius 3 is 3.00 bits per heavy atom. The lowest BCUT2D eigenvalue weighted by Crippen LogP contribution is -2.04. The monoisotopic (exact) mass is 186 g/mol. The maximum absolute atomic E-state index is 8.87. The second-order valence-corrected chi connectivity index (χ2v) is 3.08. The summed E-state index contributed by atoms with van der Waals surface area (Å²) in [6.45, 7) is 2.31. The van der Waals surface area contributed by atoms with E-state index in [0.717, 1.165) is 17.0 Å². The maximum atomic E-state index is 8.87. The predicted molar refractivity (Wildman–Crippen MR) is 52.5 cm³/mol. The molecule has 0 saturated heterocycles. The molecule has 0 saturated carbocycles. The van der Waals surface area contributed by atoms with Crippen molar-refractivity contribution in [2.45, 2.75) is 13.5 Å². The van der Waals surface area contributed by atoms with Crippen LogP contribution >= 0.6 is 0 Å². The van der Waals surface area contributed by atoms with Crippen LogP contribution in [0.3, 0.4) is 0 Å². The Bertz CT molecular complexity index is 519. The number of nitriles is 1. The predicted octanol–water partition coefficient (Wildman–Crippen LogP) is 0.973. The van der Waals surface area contributed by atoms with Gasteiger partial charge in [-0.3, -0.25) is 4.40 Å². The normalized spacial score (nSPS) is 10.4. The third-order valence-corrected chi connectivity index (χ3v) is 2.22. The summed E-state index contributed by atoms with van der Waals surface area (Å²) in [5.41, 5.74) is 7.86. The molecule has 0 aliphatic heterocycles. The third-order valence-electron chi connectivity index (χ3n) is 2.22. The molecule has 0 atom stereocenters. The summed E-state index contributed by atoms with van der Waals surface area (Å²) in [5, 5.41) is 8.87. The molecule has 0 amide bonds. The van der Waals surface area contributed by atoms with Gasteiger partial charge in [0.05, 0.1) is 12.1 Å². The van der Waals surface area contributed by atoms with Crippen LogP contribution in [-0.2, 0) is 6.54 Å². The number of nitrogens with zero attached hydrogens (tertiary/aromatic N) is 3. The van der Waals surface area contributed by atoms with Crippen LogP contribution in [0.15, 0.2) is 18.2 Å². The first-order valence-corrected chi connectivity index (χ1v) is 4.35. The Morgan fingerprint density at radius 1 is 1.57 bits per heavy atom. The largest absolute Gasteiger partial charge is 0.324 e. The number of hydrogen-bond donors (Lipinski definition) is 1. The van der Waals surface area contributed by atoms with Gasteiger partial charge in [0.25, 0.3) is 0 Å². The van der Waals surface area contributed by atoms with Crippen LogP contribution < -0.4 is 5.73 Å². The number of fused-ring (bicyclic) bond motifs is 1. The van der Waals surface area contributed by atoms with Crippen LogP contribution in [0.4, 0.5) is 0 Å². The van der Waals surface area contributed by atoms with Crippen molar-refractivity contribution in [3.63, 3.8) is 0 Å². The van der Waals surface area contributed by atoms with Crippen LogP contribution in [0, 0.1) is 18.3 Å². The van der Waals surface area contributed by atoms with Gasteiger partial charge in [0, 0.05) is 5.69 Å². The zero-order valence-electron chi connectivity index (χ0n) is 7.86. The molecule has 0 aromatic carbocycles. The summed E-state index contributed by atoms with van der Waals surface area (Å²) in [5.74, 6) is 0.731. The topological polar surface area (TPSA) is 67.1 Å². The molecule has 0 aliphatic carbocycles. The number of aromatic nitrogens is 2. The van der Waals surface area contributed by atoms with Crippen molar-refractivity contribution in [3.05, 3.63) is 35.4 Å². The van der Waals surface area contributed by atoms with E-state index < -0.39 is 0 Å². The first-order chi connectivity index (χ1) is 6.77.